The summed E-state index contributed by atoms with van der Waals surface area (Å²) >= 11 is 1.32. The predicted molar refractivity (Wildman–Crippen MR) is 91.3 cm³/mol. The summed E-state index contributed by atoms with van der Waals surface area (Å²) in [5.74, 6) is -1.51. The van der Waals surface area contributed by atoms with Crippen LogP contribution >= 0.6 is 11.3 Å². The maximum atomic E-state index is 12.7. The average Bonchev–Trinajstić information content (AvgIpc) is 3.08. The third kappa shape index (κ3) is 3.22. The summed E-state index contributed by atoms with van der Waals surface area (Å²) in [7, 11) is 1.73. The van der Waals surface area contributed by atoms with Gasteiger partial charge in [0.05, 0.1) is 11.8 Å². The van der Waals surface area contributed by atoms with Gasteiger partial charge in [-0.2, -0.15) is 5.26 Å². The van der Waals surface area contributed by atoms with Crippen molar-refractivity contribution >= 4 is 23.0 Å². The van der Waals surface area contributed by atoms with Gasteiger partial charge in [0.25, 0.3) is 0 Å². The number of ketones is 1. The van der Waals surface area contributed by atoms with E-state index < -0.39 is 5.92 Å². The van der Waals surface area contributed by atoms with Gasteiger partial charge in [-0.25, -0.2) is 4.98 Å². The highest BCUT2D eigenvalue weighted by atomic mass is 32.1. The van der Waals surface area contributed by atoms with Crippen LogP contribution < -0.4 is 0 Å². The molecule has 1 aromatic heterocycles. The zero-order chi connectivity index (χ0) is 17.1. The van der Waals surface area contributed by atoms with Crippen LogP contribution in [0.3, 0.4) is 0 Å². The smallest absolute Gasteiger partial charge is 0.223 e. The summed E-state index contributed by atoms with van der Waals surface area (Å²) in [6, 6.07) is 11.7. The van der Waals surface area contributed by atoms with E-state index in [2.05, 4.69) is 11.1 Å². The summed E-state index contributed by atoms with van der Waals surface area (Å²) in [4.78, 5) is 30.6. The maximum absolute atomic E-state index is 12.7. The minimum atomic E-state index is -0.895. The highest BCUT2D eigenvalue weighted by Crippen LogP contribution is 2.31. The topological polar surface area (TPSA) is 74.1 Å². The Morgan fingerprint density at radius 1 is 1.42 bits per heavy atom. The van der Waals surface area contributed by atoms with E-state index in [1.165, 1.54) is 11.3 Å². The Balaban J connectivity index is 1.80. The number of aromatic nitrogens is 1. The van der Waals surface area contributed by atoms with Crippen molar-refractivity contribution in [1.82, 2.24) is 9.88 Å². The van der Waals surface area contributed by atoms with Crippen molar-refractivity contribution in [2.24, 2.45) is 5.92 Å². The monoisotopic (exact) mass is 339 g/mol. The number of Topliss-reactive ketones (excluding diaryl/α,β-unsaturated/α-hetero) is 1. The molecule has 0 spiro atoms. The molecule has 6 heteroatoms. The molecule has 0 aliphatic carbocycles. The molecule has 1 aliphatic rings. The molecule has 0 bridgehead atoms. The third-order valence-corrected chi connectivity index (χ3v) is 5.22. The molecular weight excluding hydrogens is 322 g/mol. The van der Waals surface area contributed by atoms with Crippen LogP contribution in [-0.4, -0.2) is 35.2 Å². The molecule has 1 aliphatic heterocycles. The van der Waals surface area contributed by atoms with Crippen molar-refractivity contribution in [1.29, 1.82) is 5.26 Å². The van der Waals surface area contributed by atoms with Crippen molar-refractivity contribution in [3.63, 3.8) is 0 Å². The van der Waals surface area contributed by atoms with E-state index in [0.717, 1.165) is 11.3 Å². The Labute approximate surface area is 144 Å². The van der Waals surface area contributed by atoms with Crippen LogP contribution in [0.4, 0.5) is 0 Å². The first kappa shape index (κ1) is 16.3. The number of hydrogen-bond donors (Lipinski definition) is 0. The van der Waals surface area contributed by atoms with Gasteiger partial charge in [-0.05, 0) is 6.42 Å². The van der Waals surface area contributed by atoms with Crippen LogP contribution in [0.2, 0.25) is 0 Å². The fourth-order valence-corrected chi connectivity index (χ4v) is 3.70. The number of carbonyl (C=O) groups is 2. The number of nitrogens with zero attached hydrogens (tertiary/aromatic N) is 3. The first-order chi connectivity index (χ1) is 11.6. The number of piperidine rings is 1. The molecule has 0 saturated carbocycles. The van der Waals surface area contributed by atoms with E-state index >= 15 is 0 Å². The molecule has 3 rings (SSSR count). The number of benzene rings is 1. The SMILES string of the molecule is CN1CC[C@H](C(=O)[C@@H](C#N)c2nc(-c3ccccc3)cs2)CC1=O. The normalized spacial score (nSPS) is 18.9. The summed E-state index contributed by atoms with van der Waals surface area (Å²) in [6.07, 6.45) is 0.792. The molecular formula is C18H17N3O2S. The van der Waals surface area contributed by atoms with Crippen molar-refractivity contribution in [3.8, 4) is 17.3 Å². The van der Waals surface area contributed by atoms with Crippen LogP contribution in [0, 0.1) is 17.2 Å². The minimum absolute atomic E-state index is 0.0413. The van der Waals surface area contributed by atoms with Gasteiger partial charge in [0.1, 0.15) is 5.01 Å². The summed E-state index contributed by atoms with van der Waals surface area (Å²) in [6.45, 7) is 0.556. The van der Waals surface area contributed by atoms with E-state index in [1.807, 2.05) is 35.7 Å². The molecule has 2 heterocycles. The first-order valence-electron chi connectivity index (χ1n) is 7.78. The van der Waals surface area contributed by atoms with Crippen LogP contribution in [0.5, 0.6) is 0 Å². The number of likely N-dealkylation sites (tertiary alicyclic amines) is 1. The molecule has 24 heavy (non-hydrogen) atoms. The van der Waals surface area contributed by atoms with Crippen molar-refractivity contribution in [2.45, 2.75) is 18.8 Å². The lowest BCUT2D eigenvalue weighted by molar-refractivity contribution is -0.138. The van der Waals surface area contributed by atoms with E-state index in [9.17, 15) is 14.9 Å². The van der Waals surface area contributed by atoms with Crippen molar-refractivity contribution in [2.75, 3.05) is 13.6 Å². The molecule has 1 aromatic carbocycles. The lowest BCUT2D eigenvalue weighted by Gasteiger charge is -2.28. The van der Waals surface area contributed by atoms with Crippen LogP contribution in [0.15, 0.2) is 35.7 Å². The first-order valence-corrected chi connectivity index (χ1v) is 8.66. The van der Waals surface area contributed by atoms with Gasteiger partial charge in [-0.3, -0.25) is 9.59 Å². The molecule has 0 unspecified atom stereocenters. The lowest BCUT2D eigenvalue weighted by atomic mass is 9.86. The number of hydrogen-bond acceptors (Lipinski definition) is 5. The Kier molecular flexibility index (Phi) is 4.72. The predicted octanol–water partition coefficient (Wildman–Crippen LogP) is 2.85. The Bertz CT molecular complexity index is 794. The second-order valence-corrected chi connectivity index (χ2v) is 6.80. The second-order valence-electron chi connectivity index (χ2n) is 5.91. The average molecular weight is 339 g/mol. The molecule has 2 aromatic rings. The van der Waals surface area contributed by atoms with Gasteiger partial charge in [0.15, 0.2) is 11.7 Å². The molecule has 0 radical (unpaired) electrons. The maximum Gasteiger partial charge on any atom is 0.223 e. The molecule has 0 N–H and O–H groups in total. The number of nitriles is 1. The Morgan fingerprint density at radius 2 is 2.17 bits per heavy atom. The van der Waals surface area contributed by atoms with Gasteiger partial charge in [0.2, 0.25) is 5.91 Å². The van der Waals surface area contributed by atoms with E-state index in [0.29, 0.717) is 18.0 Å². The van der Waals surface area contributed by atoms with Crippen molar-refractivity contribution < 1.29 is 9.59 Å². The minimum Gasteiger partial charge on any atom is -0.346 e. The number of amides is 1. The number of thiazole rings is 1. The molecule has 122 valence electrons. The Morgan fingerprint density at radius 3 is 2.83 bits per heavy atom. The van der Waals surface area contributed by atoms with Gasteiger partial charge in [-0.15, -0.1) is 11.3 Å². The molecule has 1 amide bonds. The lowest BCUT2D eigenvalue weighted by Crippen LogP contribution is -2.39. The fraction of sp³-hybridized carbons (Fsp3) is 0.333. The zero-order valence-corrected chi connectivity index (χ0v) is 14.1. The summed E-state index contributed by atoms with van der Waals surface area (Å²) in [5.41, 5.74) is 1.72. The quantitative estimate of drug-likeness (QED) is 0.858. The standard InChI is InChI=1S/C18H17N3O2S/c1-21-8-7-13(9-16(21)22)17(23)14(10-19)18-20-15(11-24-18)12-5-3-2-4-6-12/h2-6,11,13-14H,7-9H2,1H3/t13-,14+/m0/s1. The van der Waals surface area contributed by atoms with E-state index in [1.54, 1.807) is 11.9 Å². The van der Waals surface area contributed by atoms with Crippen LogP contribution in [-0.2, 0) is 9.59 Å². The largest absolute Gasteiger partial charge is 0.346 e. The molecule has 2 atom stereocenters. The highest BCUT2D eigenvalue weighted by Gasteiger charge is 2.35. The highest BCUT2D eigenvalue weighted by molar-refractivity contribution is 7.10. The van der Waals surface area contributed by atoms with Crippen LogP contribution in [0.25, 0.3) is 11.3 Å². The third-order valence-electron chi connectivity index (χ3n) is 4.31. The van der Waals surface area contributed by atoms with E-state index in [-0.39, 0.29) is 24.0 Å². The number of rotatable bonds is 4. The Hall–Kier alpha value is -2.52. The fourth-order valence-electron chi connectivity index (χ4n) is 2.82. The summed E-state index contributed by atoms with van der Waals surface area (Å²) < 4.78 is 0. The summed E-state index contributed by atoms with van der Waals surface area (Å²) in [5, 5.41) is 11.8. The second kappa shape index (κ2) is 6.93. The van der Waals surface area contributed by atoms with Gasteiger partial charge < -0.3 is 4.90 Å². The van der Waals surface area contributed by atoms with Gasteiger partial charge >= 0.3 is 0 Å². The van der Waals surface area contributed by atoms with Crippen molar-refractivity contribution in [3.05, 3.63) is 40.7 Å². The zero-order valence-electron chi connectivity index (χ0n) is 13.3. The molecule has 1 saturated heterocycles. The number of carbonyl (C=O) groups excluding carboxylic acids is 2. The van der Waals surface area contributed by atoms with Gasteiger partial charge in [-0.1, -0.05) is 30.3 Å². The van der Waals surface area contributed by atoms with Crippen LogP contribution in [0.1, 0.15) is 23.8 Å². The van der Waals surface area contributed by atoms with E-state index in [4.69, 9.17) is 0 Å². The van der Waals surface area contributed by atoms with Gasteiger partial charge in [0, 0.05) is 36.9 Å². The molecule has 5 nitrogen and oxygen atoms in total. The molecule has 1 fully saturated rings.